The maximum Gasteiger partial charge on any atom is 0.305 e. The number of unbranched alkanes of at least 4 members (excludes halogenated alkanes) is 1. The van der Waals surface area contributed by atoms with Gasteiger partial charge in [-0.15, -0.1) is 0 Å². The number of carbonyl (C=O) groups is 1. The second-order valence-corrected chi connectivity index (χ2v) is 4.07. The molecule has 0 amide bonds. The Morgan fingerprint density at radius 3 is 2.58 bits per heavy atom. The third-order valence-corrected chi connectivity index (χ3v) is 2.45. The lowest BCUT2D eigenvalue weighted by molar-refractivity contribution is -0.140. The van der Waals surface area contributed by atoms with Crippen molar-refractivity contribution in [3.63, 3.8) is 0 Å². The average molecular weight is 273 g/mol. The Bertz CT molecular complexity index is 258. The summed E-state index contributed by atoms with van der Waals surface area (Å²) in [7, 11) is 3.10. The maximum absolute atomic E-state index is 10.9. The summed E-state index contributed by atoms with van der Waals surface area (Å²) < 4.78 is 9.56. The fraction of sp³-hybridized carbons (Fsp3) is 0.846. The minimum absolute atomic E-state index is 0.153. The number of guanidine groups is 1. The third kappa shape index (κ3) is 11.5. The minimum Gasteiger partial charge on any atom is -0.469 e. The molecule has 6 heteroatoms. The predicted molar refractivity (Wildman–Crippen MR) is 76.3 cm³/mol. The molecule has 0 atom stereocenters. The van der Waals surface area contributed by atoms with Gasteiger partial charge in [-0.2, -0.15) is 0 Å². The van der Waals surface area contributed by atoms with E-state index in [-0.39, 0.29) is 5.97 Å². The third-order valence-electron chi connectivity index (χ3n) is 2.45. The standard InChI is InChI=1S/C13H27N3O3/c1-4-14-13(16-10-7-11-18-2)15-9-6-5-8-12(17)19-3/h4-11H2,1-3H3,(H2,14,15,16). The topological polar surface area (TPSA) is 72.0 Å². The van der Waals surface area contributed by atoms with Crippen molar-refractivity contribution in [1.29, 1.82) is 0 Å². The van der Waals surface area contributed by atoms with Crippen molar-refractivity contribution in [2.75, 3.05) is 40.5 Å². The van der Waals surface area contributed by atoms with E-state index in [0.717, 1.165) is 51.5 Å². The van der Waals surface area contributed by atoms with Gasteiger partial charge in [0.15, 0.2) is 5.96 Å². The molecule has 112 valence electrons. The van der Waals surface area contributed by atoms with E-state index in [4.69, 9.17) is 4.74 Å². The quantitative estimate of drug-likeness (QED) is 0.268. The second-order valence-electron chi connectivity index (χ2n) is 4.07. The largest absolute Gasteiger partial charge is 0.469 e. The molecule has 0 aromatic heterocycles. The van der Waals surface area contributed by atoms with Crippen LogP contribution in [0.5, 0.6) is 0 Å². The minimum atomic E-state index is -0.153. The number of nitrogens with one attached hydrogen (secondary N) is 2. The number of aliphatic imine (C=N–C) groups is 1. The summed E-state index contributed by atoms with van der Waals surface area (Å²) in [6.07, 6.45) is 3.12. The first-order valence-electron chi connectivity index (χ1n) is 6.82. The van der Waals surface area contributed by atoms with Gasteiger partial charge in [0.2, 0.25) is 0 Å². The fourth-order valence-corrected chi connectivity index (χ4v) is 1.44. The molecule has 0 aliphatic carbocycles. The Morgan fingerprint density at radius 2 is 1.95 bits per heavy atom. The number of esters is 1. The molecule has 0 saturated heterocycles. The molecule has 0 aliphatic heterocycles. The highest BCUT2D eigenvalue weighted by Crippen LogP contribution is 1.95. The highest BCUT2D eigenvalue weighted by Gasteiger charge is 2.00. The molecule has 0 saturated carbocycles. The summed E-state index contributed by atoms with van der Waals surface area (Å²) in [6, 6.07) is 0. The van der Waals surface area contributed by atoms with Crippen LogP contribution in [-0.4, -0.2) is 52.4 Å². The first-order valence-corrected chi connectivity index (χ1v) is 6.82. The molecular weight excluding hydrogens is 246 g/mol. The lowest BCUT2D eigenvalue weighted by atomic mass is 10.2. The molecule has 0 aromatic rings. The molecule has 6 nitrogen and oxygen atoms in total. The van der Waals surface area contributed by atoms with Gasteiger partial charge < -0.3 is 20.1 Å². The fourth-order valence-electron chi connectivity index (χ4n) is 1.44. The summed E-state index contributed by atoms with van der Waals surface area (Å²) in [5.41, 5.74) is 0. The maximum atomic E-state index is 10.9. The zero-order valence-electron chi connectivity index (χ0n) is 12.3. The zero-order valence-corrected chi connectivity index (χ0v) is 12.3. The van der Waals surface area contributed by atoms with Crippen LogP contribution in [0.15, 0.2) is 4.99 Å². The van der Waals surface area contributed by atoms with Gasteiger partial charge in [-0.25, -0.2) is 0 Å². The zero-order chi connectivity index (χ0) is 14.3. The molecule has 0 radical (unpaired) electrons. The van der Waals surface area contributed by atoms with E-state index in [1.54, 1.807) is 7.11 Å². The van der Waals surface area contributed by atoms with Gasteiger partial charge in [0.25, 0.3) is 0 Å². The van der Waals surface area contributed by atoms with Crippen molar-refractivity contribution >= 4 is 11.9 Å². The molecule has 0 aromatic carbocycles. The number of ether oxygens (including phenoxy) is 2. The van der Waals surface area contributed by atoms with Gasteiger partial charge in [0, 0.05) is 39.8 Å². The monoisotopic (exact) mass is 273 g/mol. The van der Waals surface area contributed by atoms with E-state index < -0.39 is 0 Å². The molecular formula is C13H27N3O3. The first-order chi connectivity index (χ1) is 9.24. The average Bonchev–Trinajstić information content (AvgIpc) is 2.42. The van der Waals surface area contributed by atoms with Crippen LogP contribution in [0.25, 0.3) is 0 Å². The SMILES string of the molecule is CCNC(=NCCCOC)NCCCCC(=O)OC. The van der Waals surface area contributed by atoms with Crippen LogP contribution in [0.3, 0.4) is 0 Å². The van der Waals surface area contributed by atoms with Crippen LogP contribution < -0.4 is 10.6 Å². The summed E-state index contributed by atoms with van der Waals surface area (Å²) >= 11 is 0. The number of methoxy groups -OCH3 is 2. The van der Waals surface area contributed by atoms with Crippen LogP contribution in [-0.2, 0) is 14.3 Å². The number of rotatable bonds is 10. The van der Waals surface area contributed by atoms with Crippen molar-refractivity contribution in [3.05, 3.63) is 0 Å². The summed E-state index contributed by atoms with van der Waals surface area (Å²) in [4.78, 5) is 15.3. The van der Waals surface area contributed by atoms with Crippen molar-refractivity contribution in [2.24, 2.45) is 4.99 Å². The van der Waals surface area contributed by atoms with Crippen molar-refractivity contribution in [2.45, 2.75) is 32.6 Å². The first kappa shape index (κ1) is 17.7. The lowest BCUT2D eigenvalue weighted by Crippen LogP contribution is -2.37. The van der Waals surface area contributed by atoms with E-state index in [1.165, 1.54) is 7.11 Å². The molecule has 0 unspecified atom stereocenters. The van der Waals surface area contributed by atoms with Gasteiger partial charge >= 0.3 is 5.97 Å². The Morgan fingerprint density at radius 1 is 1.16 bits per heavy atom. The van der Waals surface area contributed by atoms with Crippen LogP contribution in [0.2, 0.25) is 0 Å². The van der Waals surface area contributed by atoms with Crippen LogP contribution in [0.4, 0.5) is 0 Å². The van der Waals surface area contributed by atoms with E-state index in [0.29, 0.717) is 6.42 Å². The normalized spacial score (nSPS) is 11.2. The van der Waals surface area contributed by atoms with Crippen molar-refractivity contribution in [3.8, 4) is 0 Å². The number of nitrogens with zero attached hydrogens (tertiary/aromatic N) is 1. The second kappa shape index (κ2) is 13.1. The highest BCUT2D eigenvalue weighted by atomic mass is 16.5. The molecule has 0 fully saturated rings. The van der Waals surface area contributed by atoms with Gasteiger partial charge in [0.1, 0.15) is 0 Å². The van der Waals surface area contributed by atoms with E-state index in [9.17, 15) is 4.79 Å². The van der Waals surface area contributed by atoms with E-state index in [2.05, 4.69) is 20.4 Å². The van der Waals surface area contributed by atoms with Gasteiger partial charge in [-0.3, -0.25) is 9.79 Å². The molecule has 2 N–H and O–H groups in total. The Kier molecular flexibility index (Phi) is 12.2. The van der Waals surface area contributed by atoms with Gasteiger partial charge in [-0.1, -0.05) is 0 Å². The lowest BCUT2D eigenvalue weighted by Gasteiger charge is -2.10. The molecule has 0 spiro atoms. The molecule has 0 aliphatic rings. The van der Waals surface area contributed by atoms with Gasteiger partial charge in [0.05, 0.1) is 7.11 Å². The van der Waals surface area contributed by atoms with Crippen LogP contribution in [0.1, 0.15) is 32.6 Å². The van der Waals surface area contributed by atoms with E-state index in [1.807, 2.05) is 6.92 Å². The number of hydrogen-bond donors (Lipinski definition) is 2. The van der Waals surface area contributed by atoms with Crippen LogP contribution in [0, 0.1) is 0 Å². The Hall–Kier alpha value is -1.30. The predicted octanol–water partition coefficient (Wildman–Crippen LogP) is 0.921. The highest BCUT2D eigenvalue weighted by molar-refractivity contribution is 5.79. The molecule has 0 rings (SSSR count). The Labute approximate surface area is 116 Å². The summed E-state index contributed by atoms with van der Waals surface area (Å²) in [5.74, 6) is 0.664. The number of carbonyl (C=O) groups excluding carboxylic acids is 1. The van der Waals surface area contributed by atoms with Gasteiger partial charge in [-0.05, 0) is 26.2 Å². The van der Waals surface area contributed by atoms with Crippen molar-refractivity contribution in [1.82, 2.24) is 10.6 Å². The van der Waals surface area contributed by atoms with Crippen LogP contribution >= 0.6 is 0 Å². The molecule has 19 heavy (non-hydrogen) atoms. The van der Waals surface area contributed by atoms with Crippen molar-refractivity contribution < 1.29 is 14.3 Å². The van der Waals surface area contributed by atoms with E-state index >= 15 is 0 Å². The summed E-state index contributed by atoms with van der Waals surface area (Å²) in [6.45, 7) is 5.13. The molecule has 0 heterocycles. The number of hydrogen-bond acceptors (Lipinski definition) is 4. The Balaban J connectivity index is 3.72. The molecule has 0 bridgehead atoms. The summed E-state index contributed by atoms with van der Waals surface area (Å²) in [5, 5.41) is 6.41. The smallest absolute Gasteiger partial charge is 0.305 e.